The minimum absolute atomic E-state index is 0.154. The van der Waals surface area contributed by atoms with Gasteiger partial charge in [0, 0.05) is 17.1 Å². The number of aryl methyl sites for hydroxylation is 1. The fourth-order valence-electron chi connectivity index (χ4n) is 1.94. The average molecular weight is 226 g/mol. The summed E-state index contributed by atoms with van der Waals surface area (Å²) >= 11 is 1.69. The van der Waals surface area contributed by atoms with E-state index >= 15 is 0 Å². The number of thioether (sulfide) groups is 1. The third-order valence-electron chi connectivity index (χ3n) is 2.92. The van der Waals surface area contributed by atoms with Crippen LogP contribution >= 0.6 is 11.8 Å². The highest BCUT2D eigenvalue weighted by atomic mass is 32.2. The zero-order valence-electron chi connectivity index (χ0n) is 9.07. The minimum Gasteiger partial charge on any atom is -0.392 e. The Bertz CT molecular complexity index is 313. The van der Waals surface area contributed by atoms with Crippen LogP contribution in [0.2, 0.25) is 0 Å². The Morgan fingerprint density at radius 2 is 2.33 bits per heavy atom. The molecule has 0 aliphatic heterocycles. The van der Waals surface area contributed by atoms with Gasteiger partial charge in [0.05, 0.1) is 6.10 Å². The van der Waals surface area contributed by atoms with Gasteiger partial charge in [-0.25, -0.2) is 4.98 Å². The average Bonchev–Trinajstić information content (AvgIpc) is 2.69. The van der Waals surface area contributed by atoms with Crippen LogP contribution in [0.3, 0.4) is 0 Å². The molecular weight excluding hydrogens is 208 g/mol. The Kier molecular flexibility index (Phi) is 3.70. The number of H-pyrrole nitrogens is 1. The van der Waals surface area contributed by atoms with E-state index in [2.05, 4.69) is 16.9 Å². The second kappa shape index (κ2) is 5.03. The summed E-state index contributed by atoms with van der Waals surface area (Å²) in [5.74, 6) is 0. The molecule has 1 aromatic heterocycles. The summed E-state index contributed by atoms with van der Waals surface area (Å²) in [5.41, 5.74) is 1.17. The van der Waals surface area contributed by atoms with Crippen molar-refractivity contribution in [2.45, 2.75) is 55.5 Å². The molecule has 2 atom stereocenters. The highest BCUT2D eigenvalue weighted by molar-refractivity contribution is 7.99. The molecule has 0 bridgehead atoms. The molecule has 0 radical (unpaired) electrons. The van der Waals surface area contributed by atoms with Crippen LogP contribution in [-0.2, 0) is 6.42 Å². The van der Waals surface area contributed by atoms with Gasteiger partial charge in [0.25, 0.3) is 0 Å². The number of imidazole rings is 1. The van der Waals surface area contributed by atoms with Crippen LogP contribution in [0, 0.1) is 0 Å². The molecule has 1 aliphatic rings. The van der Waals surface area contributed by atoms with E-state index in [0.717, 1.165) is 30.8 Å². The third-order valence-corrected chi connectivity index (χ3v) is 4.20. The molecule has 1 fully saturated rings. The van der Waals surface area contributed by atoms with Gasteiger partial charge in [0.1, 0.15) is 0 Å². The lowest BCUT2D eigenvalue weighted by Crippen LogP contribution is -2.26. The van der Waals surface area contributed by atoms with Crippen molar-refractivity contribution >= 4 is 11.8 Å². The maximum absolute atomic E-state index is 9.83. The number of nitrogens with one attached hydrogen (secondary N) is 1. The van der Waals surface area contributed by atoms with Gasteiger partial charge < -0.3 is 10.1 Å². The highest BCUT2D eigenvalue weighted by Gasteiger charge is 2.24. The van der Waals surface area contributed by atoms with Crippen molar-refractivity contribution in [3.8, 4) is 0 Å². The first-order valence-corrected chi connectivity index (χ1v) is 6.56. The van der Waals surface area contributed by atoms with Gasteiger partial charge in [-0.3, -0.25) is 0 Å². The van der Waals surface area contributed by atoms with E-state index in [-0.39, 0.29) is 6.10 Å². The Labute approximate surface area is 94.7 Å². The van der Waals surface area contributed by atoms with Gasteiger partial charge in [-0.2, -0.15) is 0 Å². The van der Waals surface area contributed by atoms with Gasteiger partial charge in [-0.1, -0.05) is 31.5 Å². The minimum atomic E-state index is -0.154. The van der Waals surface area contributed by atoms with Crippen molar-refractivity contribution in [1.29, 1.82) is 0 Å². The standard InChI is InChI=1S/C11H18N2OS/c1-2-8-7-12-11(13-8)15-10-6-4-3-5-9(10)14/h7,9-10,14H,2-6H2,1H3,(H,12,13). The quantitative estimate of drug-likeness (QED) is 0.832. The lowest BCUT2D eigenvalue weighted by molar-refractivity contribution is 0.137. The molecule has 2 rings (SSSR count). The fraction of sp³-hybridized carbons (Fsp3) is 0.727. The number of rotatable bonds is 3. The Hall–Kier alpha value is -0.480. The largest absolute Gasteiger partial charge is 0.392 e. The van der Waals surface area contributed by atoms with E-state index in [9.17, 15) is 5.11 Å². The Morgan fingerprint density at radius 3 is 3.00 bits per heavy atom. The van der Waals surface area contributed by atoms with E-state index < -0.39 is 0 Å². The molecule has 1 aliphatic carbocycles. The summed E-state index contributed by atoms with van der Waals surface area (Å²) in [6.45, 7) is 2.11. The SMILES string of the molecule is CCc1cnc(SC2CCCCC2O)[nH]1. The van der Waals surface area contributed by atoms with Gasteiger partial charge in [0.15, 0.2) is 5.16 Å². The number of aromatic nitrogens is 2. The van der Waals surface area contributed by atoms with Crippen molar-refractivity contribution in [2.24, 2.45) is 0 Å². The summed E-state index contributed by atoms with van der Waals surface area (Å²) in [4.78, 5) is 7.58. The number of aromatic amines is 1. The number of hydrogen-bond donors (Lipinski definition) is 2. The second-order valence-electron chi connectivity index (χ2n) is 4.08. The summed E-state index contributed by atoms with van der Waals surface area (Å²) < 4.78 is 0. The topological polar surface area (TPSA) is 48.9 Å². The molecule has 3 nitrogen and oxygen atoms in total. The van der Waals surface area contributed by atoms with Gasteiger partial charge in [-0.05, 0) is 19.3 Å². The molecular formula is C11H18N2OS. The van der Waals surface area contributed by atoms with Crippen molar-refractivity contribution in [3.63, 3.8) is 0 Å². The van der Waals surface area contributed by atoms with E-state index in [4.69, 9.17) is 0 Å². The van der Waals surface area contributed by atoms with E-state index in [1.165, 1.54) is 12.1 Å². The fourth-order valence-corrected chi connectivity index (χ4v) is 3.10. The molecule has 4 heteroatoms. The van der Waals surface area contributed by atoms with Crippen LogP contribution in [-0.4, -0.2) is 26.4 Å². The van der Waals surface area contributed by atoms with Crippen molar-refractivity contribution in [2.75, 3.05) is 0 Å². The van der Waals surface area contributed by atoms with Crippen LogP contribution in [0.15, 0.2) is 11.4 Å². The van der Waals surface area contributed by atoms with Gasteiger partial charge in [0.2, 0.25) is 0 Å². The molecule has 84 valence electrons. The molecule has 1 saturated carbocycles. The van der Waals surface area contributed by atoms with E-state index in [1.807, 2.05) is 6.20 Å². The lowest BCUT2D eigenvalue weighted by Gasteiger charge is -2.25. The summed E-state index contributed by atoms with van der Waals surface area (Å²) in [6.07, 6.45) is 7.16. The monoisotopic (exact) mass is 226 g/mol. The summed E-state index contributed by atoms with van der Waals surface area (Å²) in [7, 11) is 0. The molecule has 0 amide bonds. The predicted molar refractivity (Wildman–Crippen MR) is 62.1 cm³/mol. The maximum Gasteiger partial charge on any atom is 0.165 e. The predicted octanol–water partition coefficient (Wildman–Crippen LogP) is 2.37. The molecule has 0 aromatic carbocycles. The molecule has 1 heterocycles. The van der Waals surface area contributed by atoms with E-state index in [0.29, 0.717) is 5.25 Å². The number of aliphatic hydroxyl groups excluding tert-OH is 1. The molecule has 2 unspecified atom stereocenters. The Morgan fingerprint density at radius 1 is 1.53 bits per heavy atom. The molecule has 0 saturated heterocycles. The van der Waals surface area contributed by atoms with Crippen molar-refractivity contribution in [1.82, 2.24) is 9.97 Å². The van der Waals surface area contributed by atoms with E-state index in [1.54, 1.807) is 11.8 Å². The zero-order chi connectivity index (χ0) is 10.7. The van der Waals surface area contributed by atoms with Crippen molar-refractivity contribution < 1.29 is 5.11 Å². The van der Waals surface area contributed by atoms with Crippen LogP contribution < -0.4 is 0 Å². The second-order valence-corrected chi connectivity index (χ2v) is 5.30. The lowest BCUT2D eigenvalue weighted by atomic mass is 9.97. The van der Waals surface area contributed by atoms with Crippen LogP contribution in [0.5, 0.6) is 0 Å². The van der Waals surface area contributed by atoms with Crippen LogP contribution in [0.25, 0.3) is 0 Å². The molecule has 15 heavy (non-hydrogen) atoms. The first-order chi connectivity index (χ1) is 7.29. The third kappa shape index (κ3) is 2.75. The summed E-state index contributed by atoms with van der Waals surface area (Å²) in [6, 6.07) is 0. The van der Waals surface area contributed by atoms with Crippen molar-refractivity contribution in [3.05, 3.63) is 11.9 Å². The molecule has 2 N–H and O–H groups in total. The number of hydrogen-bond acceptors (Lipinski definition) is 3. The first-order valence-electron chi connectivity index (χ1n) is 5.68. The van der Waals surface area contributed by atoms with Crippen LogP contribution in [0.1, 0.15) is 38.3 Å². The number of aliphatic hydroxyl groups is 1. The maximum atomic E-state index is 9.83. The Balaban J connectivity index is 1.95. The molecule has 1 aromatic rings. The van der Waals surface area contributed by atoms with Crippen LogP contribution in [0.4, 0.5) is 0 Å². The van der Waals surface area contributed by atoms with Gasteiger partial charge in [-0.15, -0.1) is 0 Å². The normalized spacial score (nSPS) is 26.8. The highest BCUT2D eigenvalue weighted by Crippen LogP contribution is 2.32. The number of nitrogens with zero attached hydrogens (tertiary/aromatic N) is 1. The van der Waals surface area contributed by atoms with Gasteiger partial charge >= 0.3 is 0 Å². The summed E-state index contributed by atoms with van der Waals surface area (Å²) in [5, 5.41) is 11.1. The first kappa shape index (κ1) is 11.0. The zero-order valence-corrected chi connectivity index (χ0v) is 9.89. The smallest absolute Gasteiger partial charge is 0.165 e. The molecule has 0 spiro atoms.